The molecule has 1 atom stereocenters. The molecular formula is C31H62N2. The second kappa shape index (κ2) is 23.1. The molecule has 0 fully saturated rings. The minimum absolute atomic E-state index is 0.622. The molecule has 1 heterocycles. The molecule has 0 aromatic heterocycles. The van der Waals surface area contributed by atoms with Gasteiger partial charge in [0.05, 0.1) is 0 Å². The number of unbranched alkanes of at least 4 members (excludes halogenated alkanes) is 21. The van der Waals surface area contributed by atoms with E-state index in [0.717, 1.165) is 0 Å². The summed E-state index contributed by atoms with van der Waals surface area (Å²) in [6.45, 7) is 5.85. The van der Waals surface area contributed by atoms with Gasteiger partial charge < -0.3 is 9.80 Å². The first-order valence-corrected chi connectivity index (χ1v) is 15.5. The maximum atomic E-state index is 2.61. The van der Waals surface area contributed by atoms with Crippen molar-refractivity contribution in [2.24, 2.45) is 0 Å². The van der Waals surface area contributed by atoms with E-state index in [-0.39, 0.29) is 0 Å². The molecule has 0 spiro atoms. The van der Waals surface area contributed by atoms with Gasteiger partial charge >= 0.3 is 0 Å². The average Bonchev–Trinajstić information content (AvgIpc) is 3.17. The fraction of sp³-hybridized carbons (Fsp3) is 0.935. The quantitative estimate of drug-likeness (QED) is 0.124. The fourth-order valence-electron chi connectivity index (χ4n) is 5.34. The smallest absolute Gasteiger partial charge is 0.100 e. The van der Waals surface area contributed by atoms with Gasteiger partial charge in [-0.05, 0) is 19.3 Å². The van der Waals surface area contributed by atoms with Gasteiger partial charge in [-0.1, -0.05) is 149 Å². The third-order valence-electron chi connectivity index (χ3n) is 7.68. The van der Waals surface area contributed by atoms with Gasteiger partial charge in [0.1, 0.15) is 6.17 Å². The predicted molar refractivity (Wildman–Crippen MR) is 150 cm³/mol. The van der Waals surface area contributed by atoms with Crippen molar-refractivity contribution in [1.29, 1.82) is 0 Å². The molecule has 2 heteroatoms. The summed E-state index contributed by atoms with van der Waals surface area (Å²) in [6.07, 6.45) is 39.7. The largest absolute Gasteiger partial charge is 0.359 e. The lowest BCUT2D eigenvalue weighted by Gasteiger charge is -2.30. The van der Waals surface area contributed by atoms with Crippen LogP contribution in [0.5, 0.6) is 0 Å². The average molecular weight is 463 g/mol. The number of rotatable bonds is 25. The summed E-state index contributed by atoms with van der Waals surface area (Å²) < 4.78 is 0. The highest BCUT2D eigenvalue weighted by Gasteiger charge is 2.22. The first-order valence-electron chi connectivity index (χ1n) is 15.5. The Morgan fingerprint density at radius 1 is 0.455 bits per heavy atom. The molecule has 0 aromatic rings. The Morgan fingerprint density at radius 3 is 1.24 bits per heavy atom. The van der Waals surface area contributed by atoms with Crippen LogP contribution in [0.2, 0.25) is 0 Å². The summed E-state index contributed by atoms with van der Waals surface area (Å²) >= 11 is 0. The van der Waals surface area contributed by atoms with Crippen LogP contribution in [-0.4, -0.2) is 29.6 Å². The van der Waals surface area contributed by atoms with Gasteiger partial charge in [-0.3, -0.25) is 0 Å². The summed E-state index contributed by atoms with van der Waals surface area (Å²) in [7, 11) is 2.26. The molecule has 0 amide bonds. The van der Waals surface area contributed by atoms with Crippen LogP contribution in [0.15, 0.2) is 12.4 Å². The molecule has 1 rings (SSSR count). The Labute approximate surface area is 210 Å². The van der Waals surface area contributed by atoms with Crippen LogP contribution in [0, 0.1) is 0 Å². The van der Waals surface area contributed by atoms with E-state index in [0.29, 0.717) is 6.17 Å². The van der Waals surface area contributed by atoms with Crippen molar-refractivity contribution < 1.29 is 0 Å². The molecule has 33 heavy (non-hydrogen) atoms. The molecule has 0 aromatic carbocycles. The monoisotopic (exact) mass is 462 g/mol. The van der Waals surface area contributed by atoms with Crippen LogP contribution in [0.4, 0.5) is 0 Å². The van der Waals surface area contributed by atoms with E-state index >= 15 is 0 Å². The Balaban J connectivity index is 1.88. The molecule has 2 nitrogen and oxygen atoms in total. The Morgan fingerprint density at radius 2 is 0.818 bits per heavy atom. The second-order valence-electron chi connectivity index (χ2n) is 10.9. The van der Waals surface area contributed by atoms with Crippen molar-refractivity contribution in [3.8, 4) is 0 Å². The summed E-state index contributed by atoms with van der Waals surface area (Å²) in [4.78, 5) is 5.05. The molecule has 1 aliphatic rings. The first-order chi connectivity index (χ1) is 16.3. The summed E-state index contributed by atoms with van der Waals surface area (Å²) in [5.74, 6) is 0. The predicted octanol–water partition coefficient (Wildman–Crippen LogP) is 10.4. The Bertz CT molecular complexity index is 419. The standard InChI is InChI=1S/C31H62N2/c1-4-6-8-10-12-13-14-15-16-17-18-19-20-21-23-25-27-31-32(3)29-30-33(31)28-26-24-22-11-9-7-5-2/h29-31H,4-28H2,1-3H3. The van der Waals surface area contributed by atoms with E-state index in [1.54, 1.807) is 0 Å². The molecule has 0 N–H and O–H groups in total. The highest BCUT2D eigenvalue weighted by atomic mass is 15.4. The molecule has 1 aliphatic heterocycles. The van der Waals surface area contributed by atoms with Crippen molar-refractivity contribution >= 4 is 0 Å². The van der Waals surface area contributed by atoms with Crippen molar-refractivity contribution in [3.63, 3.8) is 0 Å². The van der Waals surface area contributed by atoms with E-state index < -0.39 is 0 Å². The van der Waals surface area contributed by atoms with Gasteiger partial charge in [0, 0.05) is 26.0 Å². The minimum atomic E-state index is 0.622. The lowest BCUT2D eigenvalue weighted by Crippen LogP contribution is -2.37. The maximum absolute atomic E-state index is 2.61. The molecule has 0 radical (unpaired) electrons. The van der Waals surface area contributed by atoms with E-state index in [2.05, 4.69) is 43.1 Å². The van der Waals surface area contributed by atoms with E-state index in [1.165, 1.54) is 161 Å². The van der Waals surface area contributed by atoms with Gasteiger partial charge in [-0.25, -0.2) is 0 Å². The van der Waals surface area contributed by atoms with Gasteiger partial charge in [0.25, 0.3) is 0 Å². The molecule has 0 bridgehead atoms. The Kier molecular flexibility index (Phi) is 21.3. The SMILES string of the molecule is CCCCCCCCCCCCCCCCCCC1N(C)C=CN1CCCCCCCCC. The van der Waals surface area contributed by atoms with Crippen molar-refractivity contribution in [3.05, 3.63) is 12.4 Å². The Hall–Kier alpha value is -0.660. The normalized spacial score (nSPS) is 15.8. The minimum Gasteiger partial charge on any atom is -0.359 e. The van der Waals surface area contributed by atoms with E-state index in [4.69, 9.17) is 0 Å². The van der Waals surface area contributed by atoms with Gasteiger partial charge in [0.15, 0.2) is 0 Å². The third-order valence-corrected chi connectivity index (χ3v) is 7.68. The van der Waals surface area contributed by atoms with Crippen LogP contribution >= 0.6 is 0 Å². The molecule has 0 aliphatic carbocycles. The van der Waals surface area contributed by atoms with Gasteiger partial charge in [-0.2, -0.15) is 0 Å². The zero-order chi connectivity index (χ0) is 23.8. The second-order valence-corrected chi connectivity index (χ2v) is 10.9. The number of nitrogens with zero attached hydrogens (tertiary/aromatic N) is 2. The van der Waals surface area contributed by atoms with Crippen LogP contribution in [-0.2, 0) is 0 Å². The summed E-state index contributed by atoms with van der Waals surface area (Å²) in [5.41, 5.74) is 0. The zero-order valence-electron chi connectivity index (χ0n) is 23.3. The third kappa shape index (κ3) is 17.4. The lowest BCUT2D eigenvalue weighted by atomic mass is 10.0. The van der Waals surface area contributed by atoms with Crippen LogP contribution < -0.4 is 0 Å². The lowest BCUT2D eigenvalue weighted by molar-refractivity contribution is 0.159. The number of hydrogen-bond donors (Lipinski definition) is 0. The molecular weight excluding hydrogens is 400 g/mol. The highest BCUT2D eigenvalue weighted by molar-refractivity contribution is 4.95. The molecule has 0 saturated heterocycles. The van der Waals surface area contributed by atoms with Crippen molar-refractivity contribution in [2.75, 3.05) is 13.6 Å². The van der Waals surface area contributed by atoms with Crippen molar-refractivity contribution in [2.45, 2.75) is 174 Å². The fourth-order valence-corrected chi connectivity index (χ4v) is 5.34. The van der Waals surface area contributed by atoms with E-state index in [1.807, 2.05) is 0 Å². The first kappa shape index (κ1) is 30.4. The van der Waals surface area contributed by atoms with Crippen LogP contribution in [0.25, 0.3) is 0 Å². The maximum Gasteiger partial charge on any atom is 0.100 e. The molecule has 0 saturated carbocycles. The zero-order valence-corrected chi connectivity index (χ0v) is 23.3. The summed E-state index contributed by atoms with van der Waals surface area (Å²) in [6, 6.07) is 0. The van der Waals surface area contributed by atoms with Crippen molar-refractivity contribution in [1.82, 2.24) is 9.80 Å². The van der Waals surface area contributed by atoms with Gasteiger partial charge in [0.2, 0.25) is 0 Å². The van der Waals surface area contributed by atoms with Crippen LogP contribution in [0.1, 0.15) is 168 Å². The summed E-state index contributed by atoms with van der Waals surface area (Å²) in [5, 5.41) is 0. The van der Waals surface area contributed by atoms with E-state index in [9.17, 15) is 0 Å². The highest BCUT2D eigenvalue weighted by Crippen LogP contribution is 2.21. The molecule has 1 unspecified atom stereocenters. The number of hydrogen-bond acceptors (Lipinski definition) is 2. The molecule has 196 valence electrons. The van der Waals surface area contributed by atoms with Crippen LogP contribution in [0.3, 0.4) is 0 Å². The van der Waals surface area contributed by atoms with Gasteiger partial charge in [-0.15, -0.1) is 0 Å². The topological polar surface area (TPSA) is 6.48 Å².